The summed E-state index contributed by atoms with van der Waals surface area (Å²) < 4.78 is 70.4. The summed E-state index contributed by atoms with van der Waals surface area (Å²) in [5.74, 6) is -10.0. The molecule has 0 aliphatic heterocycles. The van der Waals surface area contributed by atoms with Gasteiger partial charge in [0.15, 0.2) is 23.3 Å². The van der Waals surface area contributed by atoms with E-state index < -0.39 is 34.6 Å². The zero-order chi connectivity index (χ0) is 28.5. The Hall–Kier alpha value is -5.31. The fourth-order valence-electron chi connectivity index (χ4n) is 4.42. The Kier molecular flexibility index (Phi) is 6.76. The molecule has 200 valence electrons. The molecule has 9 heteroatoms. The largest absolute Gasteiger partial charge is 0.255 e. The molecule has 0 atom stereocenters. The molecule has 0 radical (unpaired) electrons. The van der Waals surface area contributed by atoms with Crippen molar-refractivity contribution in [3.8, 4) is 56.4 Å². The maximum absolute atomic E-state index is 14.5. The second kappa shape index (κ2) is 10.7. The van der Waals surface area contributed by atoms with E-state index in [1.165, 1.54) is 18.2 Å². The highest BCUT2D eigenvalue weighted by atomic mass is 19.2. The minimum atomic E-state index is -2.21. The summed E-state index contributed by atoms with van der Waals surface area (Å²) in [5, 5.41) is 0. The maximum Gasteiger partial charge on any atom is 0.200 e. The molecule has 6 rings (SSSR count). The van der Waals surface area contributed by atoms with Gasteiger partial charge in [-0.05, 0) is 60.2 Å². The molecular formula is C32H17F5N4. The summed E-state index contributed by atoms with van der Waals surface area (Å²) in [5.41, 5.74) is 3.42. The quantitative estimate of drug-likeness (QED) is 0.123. The SMILES string of the molecule is Fc1c(F)c(F)c(-c2cccc(-c3cccc(-c4cc(-c5ccccn5)nc(-c5ccccn5)c4)n3)c2)c(F)c1F. The summed E-state index contributed by atoms with van der Waals surface area (Å²) in [6.45, 7) is 0. The van der Waals surface area contributed by atoms with Crippen LogP contribution in [0.15, 0.2) is 103 Å². The van der Waals surface area contributed by atoms with Crippen LogP contribution in [0.1, 0.15) is 0 Å². The van der Waals surface area contributed by atoms with Crippen LogP contribution in [0.25, 0.3) is 56.4 Å². The monoisotopic (exact) mass is 552 g/mol. The molecule has 0 N–H and O–H groups in total. The summed E-state index contributed by atoms with van der Waals surface area (Å²) in [7, 11) is 0. The molecule has 0 aliphatic carbocycles. The van der Waals surface area contributed by atoms with Crippen LogP contribution in [0.4, 0.5) is 22.0 Å². The van der Waals surface area contributed by atoms with E-state index in [9.17, 15) is 22.0 Å². The van der Waals surface area contributed by atoms with E-state index in [0.29, 0.717) is 45.3 Å². The number of rotatable bonds is 5. The molecule has 0 amide bonds. The molecule has 0 fully saturated rings. The van der Waals surface area contributed by atoms with Crippen molar-refractivity contribution in [1.82, 2.24) is 19.9 Å². The zero-order valence-corrected chi connectivity index (χ0v) is 21.0. The van der Waals surface area contributed by atoms with Gasteiger partial charge in [0.05, 0.1) is 39.7 Å². The smallest absolute Gasteiger partial charge is 0.200 e. The van der Waals surface area contributed by atoms with Gasteiger partial charge in [0, 0.05) is 23.5 Å². The lowest BCUT2D eigenvalue weighted by molar-refractivity contribution is 0.381. The van der Waals surface area contributed by atoms with Gasteiger partial charge in [-0.15, -0.1) is 0 Å². The zero-order valence-electron chi connectivity index (χ0n) is 21.0. The molecule has 0 saturated heterocycles. The lowest BCUT2D eigenvalue weighted by Gasteiger charge is -2.11. The summed E-state index contributed by atoms with van der Waals surface area (Å²) in [6.07, 6.45) is 3.33. The van der Waals surface area contributed by atoms with Crippen molar-refractivity contribution in [3.05, 3.63) is 132 Å². The van der Waals surface area contributed by atoms with Crippen LogP contribution in [0.5, 0.6) is 0 Å². The fraction of sp³-hybridized carbons (Fsp3) is 0. The Morgan fingerprint density at radius 2 is 0.829 bits per heavy atom. The van der Waals surface area contributed by atoms with Crippen LogP contribution in [0, 0.1) is 29.1 Å². The molecule has 6 aromatic rings. The van der Waals surface area contributed by atoms with Crippen LogP contribution in [-0.2, 0) is 0 Å². The molecule has 0 spiro atoms. The number of hydrogen-bond donors (Lipinski definition) is 0. The molecule has 0 unspecified atom stereocenters. The highest BCUT2D eigenvalue weighted by Crippen LogP contribution is 2.34. The van der Waals surface area contributed by atoms with E-state index in [4.69, 9.17) is 9.97 Å². The molecular weight excluding hydrogens is 535 g/mol. The van der Waals surface area contributed by atoms with Gasteiger partial charge in [-0.1, -0.05) is 36.4 Å². The Morgan fingerprint density at radius 3 is 1.39 bits per heavy atom. The number of benzene rings is 2. The van der Waals surface area contributed by atoms with Crippen molar-refractivity contribution in [2.24, 2.45) is 0 Å². The minimum absolute atomic E-state index is 0.179. The first-order chi connectivity index (χ1) is 19.9. The molecule has 0 aliphatic rings. The van der Waals surface area contributed by atoms with Crippen molar-refractivity contribution >= 4 is 0 Å². The standard InChI is InChI=1S/C32H17F5N4/c33-28-27(29(34)31(36)32(37)30(28)35)19-8-5-7-18(15-19)21-11-6-12-22(40-21)20-16-25(23-9-1-3-13-38-23)41-26(17-20)24-10-2-4-14-39-24/h1-17H. The minimum Gasteiger partial charge on any atom is -0.255 e. The first-order valence-electron chi connectivity index (χ1n) is 12.4. The summed E-state index contributed by atoms with van der Waals surface area (Å²) in [4.78, 5) is 18.3. The van der Waals surface area contributed by atoms with Crippen LogP contribution in [0.3, 0.4) is 0 Å². The number of nitrogens with zero attached hydrogens (tertiary/aromatic N) is 4. The van der Waals surface area contributed by atoms with Gasteiger partial charge in [-0.3, -0.25) is 9.97 Å². The molecule has 2 aromatic carbocycles. The molecule has 0 bridgehead atoms. The van der Waals surface area contributed by atoms with Gasteiger partial charge < -0.3 is 0 Å². The average molecular weight is 553 g/mol. The Morgan fingerprint density at radius 1 is 0.366 bits per heavy atom. The van der Waals surface area contributed by atoms with Gasteiger partial charge in [0.1, 0.15) is 0 Å². The Labute approximate surface area is 230 Å². The second-order valence-corrected chi connectivity index (χ2v) is 8.99. The predicted molar refractivity (Wildman–Crippen MR) is 145 cm³/mol. The first-order valence-corrected chi connectivity index (χ1v) is 12.4. The third-order valence-corrected chi connectivity index (χ3v) is 6.38. The van der Waals surface area contributed by atoms with E-state index in [0.717, 1.165) is 0 Å². The topological polar surface area (TPSA) is 51.6 Å². The highest BCUT2D eigenvalue weighted by molar-refractivity contribution is 5.76. The summed E-state index contributed by atoms with van der Waals surface area (Å²) >= 11 is 0. The first kappa shape index (κ1) is 25.9. The maximum atomic E-state index is 14.5. The third-order valence-electron chi connectivity index (χ3n) is 6.38. The van der Waals surface area contributed by atoms with Gasteiger partial charge in [0.2, 0.25) is 5.82 Å². The molecule has 4 aromatic heterocycles. The second-order valence-electron chi connectivity index (χ2n) is 8.99. The van der Waals surface area contributed by atoms with Crippen molar-refractivity contribution in [3.63, 3.8) is 0 Å². The fourth-order valence-corrected chi connectivity index (χ4v) is 4.42. The normalized spacial score (nSPS) is 11.0. The van der Waals surface area contributed by atoms with Crippen LogP contribution in [-0.4, -0.2) is 19.9 Å². The molecule has 41 heavy (non-hydrogen) atoms. The molecule has 4 nitrogen and oxygen atoms in total. The third kappa shape index (κ3) is 4.93. The highest BCUT2D eigenvalue weighted by Gasteiger charge is 2.26. The van der Waals surface area contributed by atoms with Crippen molar-refractivity contribution in [1.29, 1.82) is 0 Å². The average Bonchev–Trinajstić information content (AvgIpc) is 3.04. The lowest BCUT2D eigenvalue weighted by atomic mass is 9.99. The molecule has 0 saturated carbocycles. The lowest BCUT2D eigenvalue weighted by Crippen LogP contribution is -2.04. The van der Waals surface area contributed by atoms with E-state index in [2.05, 4.69) is 9.97 Å². The molecule has 4 heterocycles. The van der Waals surface area contributed by atoms with E-state index in [1.54, 1.807) is 48.8 Å². The van der Waals surface area contributed by atoms with Crippen molar-refractivity contribution < 1.29 is 22.0 Å². The van der Waals surface area contributed by atoms with Gasteiger partial charge >= 0.3 is 0 Å². The van der Waals surface area contributed by atoms with E-state index in [1.807, 2.05) is 36.4 Å². The van der Waals surface area contributed by atoms with Gasteiger partial charge in [0.25, 0.3) is 0 Å². The predicted octanol–water partition coefficient (Wildman–Crippen LogP) is 8.30. The Bertz CT molecular complexity index is 1810. The van der Waals surface area contributed by atoms with Gasteiger partial charge in [-0.25, -0.2) is 31.9 Å². The van der Waals surface area contributed by atoms with Gasteiger partial charge in [-0.2, -0.15) is 0 Å². The van der Waals surface area contributed by atoms with Crippen LogP contribution >= 0.6 is 0 Å². The van der Waals surface area contributed by atoms with E-state index >= 15 is 0 Å². The van der Waals surface area contributed by atoms with E-state index in [-0.39, 0.29) is 5.56 Å². The number of halogens is 5. The van der Waals surface area contributed by atoms with Crippen LogP contribution in [0.2, 0.25) is 0 Å². The van der Waals surface area contributed by atoms with Crippen LogP contribution < -0.4 is 0 Å². The van der Waals surface area contributed by atoms with Crippen molar-refractivity contribution in [2.75, 3.05) is 0 Å². The summed E-state index contributed by atoms with van der Waals surface area (Å²) in [6, 6.07) is 25.6. The number of aromatic nitrogens is 4. The van der Waals surface area contributed by atoms with Crippen molar-refractivity contribution in [2.45, 2.75) is 0 Å². The Balaban J connectivity index is 1.46. The number of hydrogen-bond acceptors (Lipinski definition) is 4. The number of pyridine rings is 4.